The van der Waals surface area contributed by atoms with Gasteiger partial charge < -0.3 is 10.3 Å². The highest BCUT2D eigenvalue weighted by Crippen LogP contribution is 2.23. The van der Waals surface area contributed by atoms with Gasteiger partial charge in [0, 0.05) is 22.3 Å². The number of hydrogen-bond donors (Lipinski definition) is 2. The van der Waals surface area contributed by atoms with Crippen LogP contribution in [0.5, 0.6) is 0 Å². The maximum absolute atomic E-state index is 12.1. The van der Waals surface area contributed by atoms with Crippen molar-refractivity contribution in [3.8, 4) is 0 Å². The molecular formula is C16H20N4O4S. The van der Waals surface area contributed by atoms with E-state index in [9.17, 15) is 13.8 Å². The van der Waals surface area contributed by atoms with Gasteiger partial charge in [-0.2, -0.15) is 0 Å². The average Bonchev–Trinajstić information content (AvgIpc) is 2.95. The molecule has 2 aromatic rings. The fraction of sp³-hybridized carbons (Fsp3) is 0.375. The van der Waals surface area contributed by atoms with Crippen LogP contribution in [0.25, 0.3) is 0 Å². The largest absolute Gasteiger partial charge is 0.364 e. The number of rotatable bonds is 6. The van der Waals surface area contributed by atoms with Crippen molar-refractivity contribution in [2.45, 2.75) is 31.9 Å². The zero-order valence-electron chi connectivity index (χ0n) is 14.2. The number of nitrogens with zero attached hydrogens (tertiary/aromatic N) is 2. The van der Waals surface area contributed by atoms with Gasteiger partial charge in [-0.05, 0) is 12.1 Å². The van der Waals surface area contributed by atoms with E-state index in [0.29, 0.717) is 11.4 Å². The van der Waals surface area contributed by atoms with Crippen molar-refractivity contribution < 1.29 is 18.3 Å². The molecule has 0 saturated heterocycles. The highest BCUT2D eigenvalue weighted by Gasteiger charge is 2.20. The second-order valence-corrected chi connectivity index (χ2v) is 7.94. The van der Waals surface area contributed by atoms with Gasteiger partial charge in [0.1, 0.15) is 11.4 Å². The third-order valence-corrected chi connectivity index (χ3v) is 4.40. The molecule has 9 heteroatoms. The molecule has 2 amide bonds. The Morgan fingerprint density at radius 2 is 2.04 bits per heavy atom. The Bertz CT molecular complexity index is 810. The van der Waals surface area contributed by atoms with Crippen molar-refractivity contribution in [3.63, 3.8) is 0 Å². The molecule has 1 unspecified atom stereocenters. The van der Waals surface area contributed by atoms with Gasteiger partial charge in [-0.3, -0.25) is 19.1 Å². The first-order valence-corrected chi connectivity index (χ1v) is 9.01. The quantitative estimate of drug-likeness (QED) is 0.796. The Hall–Kier alpha value is -2.55. The number of pyridine rings is 1. The maximum Gasteiger partial charge on any atom is 0.267 e. The normalized spacial score (nSPS) is 12.6. The van der Waals surface area contributed by atoms with Crippen molar-refractivity contribution in [2.24, 2.45) is 5.73 Å². The van der Waals surface area contributed by atoms with Crippen LogP contribution in [0.2, 0.25) is 0 Å². The van der Waals surface area contributed by atoms with E-state index in [2.05, 4.69) is 15.5 Å². The minimum Gasteiger partial charge on any atom is -0.364 e. The number of primary amides is 1. The van der Waals surface area contributed by atoms with Crippen LogP contribution in [0.1, 0.15) is 42.6 Å². The Kier molecular flexibility index (Phi) is 5.68. The summed E-state index contributed by atoms with van der Waals surface area (Å²) in [4.78, 5) is 27.1. The van der Waals surface area contributed by atoms with Gasteiger partial charge in [0.25, 0.3) is 5.91 Å². The number of carbonyl (C=O) groups excluding carboxylic acids is 2. The summed E-state index contributed by atoms with van der Waals surface area (Å²) in [5.41, 5.74) is 6.18. The molecule has 2 heterocycles. The number of carbonyl (C=O) groups is 2. The SMILES string of the molecule is CC(C)(C)c1cc(NC(=O)CS(=O)Cc2cccc(C(N)=O)n2)on1. The van der Waals surface area contributed by atoms with Gasteiger partial charge >= 0.3 is 0 Å². The minimum atomic E-state index is -1.50. The van der Waals surface area contributed by atoms with Crippen LogP contribution >= 0.6 is 0 Å². The van der Waals surface area contributed by atoms with Crippen molar-refractivity contribution in [1.82, 2.24) is 10.1 Å². The summed E-state index contributed by atoms with van der Waals surface area (Å²) in [5, 5.41) is 6.42. The van der Waals surface area contributed by atoms with E-state index >= 15 is 0 Å². The molecule has 0 radical (unpaired) electrons. The van der Waals surface area contributed by atoms with Crippen LogP contribution in [0.4, 0.5) is 5.88 Å². The summed E-state index contributed by atoms with van der Waals surface area (Å²) in [5.74, 6) is -1.10. The minimum absolute atomic E-state index is 0.0399. The molecule has 8 nitrogen and oxygen atoms in total. The third kappa shape index (κ3) is 5.49. The Morgan fingerprint density at radius 3 is 2.64 bits per heavy atom. The second-order valence-electron chi connectivity index (χ2n) is 6.48. The summed E-state index contributed by atoms with van der Waals surface area (Å²) in [6.07, 6.45) is 0. The smallest absolute Gasteiger partial charge is 0.267 e. The average molecular weight is 364 g/mol. The van der Waals surface area contributed by atoms with Crippen LogP contribution in [-0.2, 0) is 26.8 Å². The molecule has 0 spiro atoms. The number of hydrogen-bond acceptors (Lipinski definition) is 6. The lowest BCUT2D eigenvalue weighted by Gasteiger charge is -2.12. The van der Waals surface area contributed by atoms with E-state index in [1.165, 1.54) is 6.07 Å². The molecule has 0 aliphatic rings. The first-order valence-electron chi connectivity index (χ1n) is 7.53. The molecule has 25 heavy (non-hydrogen) atoms. The number of nitrogens with one attached hydrogen (secondary N) is 1. The number of nitrogens with two attached hydrogens (primary N) is 1. The van der Waals surface area contributed by atoms with Crippen LogP contribution in [-0.4, -0.2) is 31.9 Å². The molecule has 1 atom stereocenters. The first kappa shape index (κ1) is 18.8. The number of aromatic nitrogens is 2. The summed E-state index contributed by atoms with van der Waals surface area (Å²) < 4.78 is 17.2. The molecule has 3 N–H and O–H groups in total. The topological polar surface area (TPSA) is 128 Å². The van der Waals surface area contributed by atoms with Gasteiger partial charge in [-0.15, -0.1) is 0 Å². The molecule has 0 aliphatic heterocycles. The van der Waals surface area contributed by atoms with Crippen molar-refractivity contribution in [2.75, 3.05) is 11.1 Å². The molecule has 2 rings (SSSR count). The summed E-state index contributed by atoms with van der Waals surface area (Å²) in [6.45, 7) is 5.91. The van der Waals surface area contributed by atoms with E-state index in [1.54, 1.807) is 18.2 Å². The highest BCUT2D eigenvalue weighted by molar-refractivity contribution is 7.84. The number of anilines is 1. The summed E-state index contributed by atoms with van der Waals surface area (Å²) in [6, 6.07) is 6.33. The van der Waals surface area contributed by atoms with Gasteiger partial charge in [0.05, 0.1) is 17.1 Å². The van der Waals surface area contributed by atoms with Crippen LogP contribution in [0.3, 0.4) is 0 Å². The molecular weight excluding hydrogens is 344 g/mol. The zero-order chi connectivity index (χ0) is 18.6. The second kappa shape index (κ2) is 7.56. The lowest BCUT2D eigenvalue weighted by molar-refractivity contribution is -0.114. The number of amides is 2. The summed E-state index contributed by atoms with van der Waals surface area (Å²) in [7, 11) is -1.50. The molecule has 0 fully saturated rings. The predicted molar refractivity (Wildman–Crippen MR) is 93.3 cm³/mol. The van der Waals surface area contributed by atoms with Crippen molar-refractivity contribution in [3.05, 3.63) is 41.3 Å². The van der Waals surface area contributed by atoms with E-state index in [1.807, 2.05) is 20.8 Å². The van der Waals surface area contributed by atoms with Crippen LogP contribution in [0.15, 0.2) is 28.8 Å². The Balaban J connectivity index is 1.92. The highest BCUT2D eigenvalue weighted by atomic mass is 32.2. The first-order chi connectivity index (χ1) is 11.6. The standard InChI is InChI=1S/C16H20N4O4S/c1-16(2,3)12-7-14(24-20-12)19-13(21)9-25(23)8-10-5-4-6-11(18-10)15(17)22/h4-7H,8-9H2,1-3H3,(H2,17,22)(H,19,21). The van der Waals surface area contributed by atoms with Gasteiger partial charge in [0.15, 0.2) is 0 Å². The van der Waals surface area contributed by atoms with Crippen LogP contribution < -0.4 is 11.1 Å². The fourth-order valence-corrected chi connectivity index (χ4v) is 2.88. The van der Waals surface area contributed by atoms with Gasteiger partial charge in [-0.1, -0.05) is 32.0 Å². The Labute approximate surface area is 147 Å². The van der Waals surface area contributed by atoms with Crippen LogP contribution in [0, 0.1) is 0 Å². The lowest BCUT2D eigenvalue weighted by Crippen LogP contribution is -2.20. The molecule has 134 valence electrons. The maximum atomic E-state index is 12.1. The van der Waals surface area contributed by atoms with E-state index in [4.69, 9.17) is 10.3 Å². The lowest BCUT2D eigenvalue weighted by atomic mass is 9.92. The van der Waals surface area contributed by atoms with Gasteiger partial charge in [0.2, 0.25) is 11.8 Å². The molecule has 0 saturated carbocycles. The van der Waals surface area contributed by atoms with E-state index in [-0.39, 0.29) is 28.5 Å². The third-order valence-electron chi connectivity index (χ3n) is 3.20. The van der Waals surface area contributed by atoms with Crippen molar-refractivity contribution in [1.29, 1.82) is 0 Å². The molecule has 0 bridgehead atoms. The van der Waals surface area contributed by atoms with E-state index in [0.717, 1.165) is 0 Å². The molecule has 0 aromatic carbocycles. The fourth-order valence-electron chi connectivity index (χ4n) is 1.92. The predicted octanol–water partition coefficient (Wildman–Crippen LogP) is 1.35. The molecule has 0 aliphatic carbocycles. The van der Waals surface area contributed by atoms with Crippen molar-refractivity contribution >= 4 is 28.5 Å². The van der Waals surface area contributed by atoms with Gasteiger partial charge in [-0.25, -0.2) is 4.98 Å². The molecule has 2 aromatic heterocycles. The zero-order valence-corrected chi connectivity index (χ0v) is 15.1. The summed E-state index contributed by atoms with van der Waals surface area (Å²) >= 11 is 0. The monoisotopic (exact) mass is 364 g/mol. The van der Waals surface area contributed by atoms with E-state index < -0.39 is 22.6 Å². The Morgan fingerprint density at radius 1 is 1.32 bits per heavy atom.